The highest BCUT2D eigenvalue weighted by molar-refractivity contribution is 5.80. The van der Waals surface area contributed by atoms with Crippen LogP contribution in [0.3, 0.4) is 0 Å². The molecule has 1 fully saturated rings. The van der Waals surface area contributed by atoms with Gasteiger partial charge in [0.25, 0.3) is 5.91 Å². The Bertz CT molecular complexity index is 294. The Morgan fingerprint density at radius 3 is 2.65 bits per heavy atom. The van der Waals surface area contributed by atoms with E-state index in [1.54, 1.807) is 11.8 Å². The Kier molecular flexibility index (Phi) is 5.43. The van der Waals surface area contributed by atoms with Crippen molar-refractivity contribution in [3.05, 3.63) is 0 Å². The maximum Gasteiger partial charge on any atom is 0.251 e. The lowest BCUT2D eigenvalue weighted by Crippen LogP contribution is -2.41. The van der Waals surface area contributed by atoms with Gasteiger partial charge >= 0.3 is 0 Å². The van der Waals surface area contributed by atoms with Crippen LogP contribution in [0.1, 0.15) is 33.6 Å². The molecule has 0 bridgehead atoms. The van der Waals surface area contributed by atoms with Crippen LogP contribution in [-0.4, -0.2) is 36.6 Å². The Morgan fingerprint density at radius 2 is 2.18 bits per heavy atom. The fraction of sp³-hybridized carbons (Fsp3) is 0.846. The van der Waals surface area contributed by atoms with Gasteiger partial charge in [0, 0.05) is 13.1 Å². The second-order valence-corrected chi connectivity index (χ2v) is 4.83. The van der Waals surface area contributed by atoms with Crippen LogP contribution in [0.15, 0.2) is 0 Å². The Balaban J connectivity index is 2.37. The SMILES string of the molecule is CCN(CC(C)C#N)C(=O)C(C)OCC1CC1. The number of hydrogen-bond acceptors (Lipinski definition) is 3. The first-order chi connectivity index (χ1) is 8.08. The minimum Gasteiger partial charge on any atom is -0.368 e. The zero-order valence-electron chi connectivity index (χ0n) is 11.0. The van der Waals surface area contributed by atoms with Gasteiger partial charge in [0.15, 0.2) is 0 Å². The highest BCUT2D eigenvalue weighted by atomic mass is 16.5. The molecule has 0 N–H and O–H groups in total. The van der Waals surface area contributed by atoms with Gasteiger partial charge in [0.1, 0.15) is 6.10 Å². The average molecular weight is 238 g/mol. The van der Waals surface area contributed by atoms with Crippen molar-refractivity contribution in [2.75, 3.05) is 19.7 Å². The van der Waals surface area contributed by atoms with Crippen LogP contribution in [0.5, 0.6) is 0 Å². The molecule has 0 spiro atoms. The maximum atomic E-state index is 12.1. The van der Waals surface area contributed by atoms with Gasteiger partial charge in [-0.15, -0.1) is 0 Å². The molecule has 4 nitrogen and oxygen atoms in total. The molecule has 1 amide bonds. The molecule has 1 aliphatic rings. The molecule has 4 heteroatoms. The number of carbonyl (C=O) groups is 1. The first-order valence-electron chi connectivity index (χ1n) is 6.38. The lowest BCUT2D eigenvalue weighted by Gasteiger charge is -2.25. The van der Waals surface area contributed by atoms with Crippen LogP contribution >= 0.6 is 0 Å². The standard InChI is InChI=1S/C13H22N2O2/c1-4-15(8-10(2)7-14)13(16)11(3)17-9-12-5-6-12/h10-12H,4-6,8-9H2,1-3H3. The van der Waals surface area contributed by atoms with Crippen LogP contribution in [0, 0.1) is 23.2 Å². The molecular weight excluding hydrogens is 216 g/mol. The molecule has 96 valence electrons. The van der Waals surface area contributed by atoms with Crippen LogP contribution in [0.25, 0.3) is 0 Å². The third-order valence-electron chi connectivity index (χ3n) is 3.03. The molecule has 1 saturated carbocycles. The summed E-state index contributed by atoms with van der Waals surface area (Å²) >= 11 is 0. The monoisotopic (exact) mass is 238 g/mol. The van der Waals surface area contributed by atoms with Gasteiger partial charge in [-0.05, 0) is 39.5 Å². The quantitative estimate of drug-likeness (QED) is 0.679. The summed E-state index contributed by atoms with van der Waals surface area (Å²) in [6, 6.07) is 2.15. The van der Waals surface area contributed by atoms with E-state index in [1.165, 1.54) is 12.8 Å². The average Bonchev–Trinajstić information content (AvgIpc) is 3.15. The first kappa shape index (κ1) is 14.0. The number of ether oxygens (including phenoxy) is 1. The van der Waals surface area contributed by atoms with Crippen LogP contribution in [-0.2, 0) is 9.53 Å². The van der Waals surface area contributed by atoms with Crippen molar-refractivity contribution in [1.29, 1.82) is 5.26 Å². The number of hydrogen-bond donors (Lipinski definition) is 0. The molecule has 0 aromatic carbocycles. The van der Waals surface area contributed by atoms with Gasteiger partial charge in [-0.25, -0.2) is 0 Å². The molecule has 0 saturated heterocycles. The summed E-state index contributed by atoms with van der Waals surface area (Å²) in [7, 11) is 0. The van der Waals surface area contributed by atoms with E-state index in [2.05, 4.69) is 6.07 Å². The van der Waals surface area contributed by atoms with E-state index in [-0.39, 0.29) is 17.9 Å². The third kappa shape index (κ3) is 4.74. The Hall–Kier alpha value is -1.08. The van der Waals surface area contributed by atoms with E-state index < -0.39 is 0 Å². The van der Waals surface area contributed by atoms with E-state index >= 15 is 0 Å². The summed E-state index contributed by atoms with van der Waals surface area (Å²) < 4.78 is 5.55. The van der Waals surface area contributed by atoms with Gasteiger partial charge in [0.05, 0.1) is 18.6 Å². The second kappa shape index (κ2) is 6.61. The molecule has 0 radical (unpaired) electrons. The normalized spacial score (nSPS) is 18.2. The maximum absolute atomic E-state index is 12.1. The van der Waals surface area contributed by atoms with Crippen molar-refractivity contribution in [2.24, 2.45) is 11.8 Å². The fourth-order valence-corrected chi connectivity index (χ4v) is 1.64. The van der Waals surface area contributed by atoms with Crippen molar-refractivity contribution in [2.45, 2.75) is 39.7 Å². The molecule has 0 aromatic rings. The van der Waals surface area contributed by atoms with Crippen LogP contribution in [0.4, 0.5) is 0 Å². The molecule has 17 heavy (non-hydrogen) atoms. The molecule has 1 aliphatic carbocycles. The summed E-state index contributed by atoms with van der Waals surface area (Å²) in [5, 5.41) is 8.76. The third-order valence-corrected chi connectivity index (χ3v) is 3.03. The minimum absolute atomic E-state index is 0.00440. The van der Waals surface area contributed by atoms with Crippen molar-refractivity contribution in [1.82, 2.24) is 4.90 Å². The molecule has 0 aliphatic heterocycles. The van der Waals surface area contributed by atoms with Gasteiger partial charge in [0.2, 0.25) is 0 Å². The van der Waals surface area contributed by atoms with Gasteiger partial charge in [-0.3, -0.25) is 4.79 Å². The van der Waals surface area contributed by atoms with E-state index in [9.17, 15) is 4.79 Å². The summed E-state index contributed by atoms with van der Waals surface area (Å²) in [5.74, 6) is 0.531. The Labute approximate surface area is 104 Å². The number of rotatable bonds is 7. The van der Waals surface area contributed by atoms with Crippen molar-refractivity contribution in [3.63, 3.8) is 0 Å². The van der Waals surface area contributed by atoms with Gasteiger partial charge in [-0.2, -0.15) is 5.26 Å². The lowest BCUT2D eigenvalue weighted by atomic mass is 10.2. The highest BCUT2D eigenvalue weighted by Crippen LogP contribution is 2.29. The second-order valence-electron chi connectivity index (χ2n) is 4.83. The molecule has 0 aromatic heterocycles. The van der Waals surface area contributed by atoms with Gasteiger partial charge < -0.3 is 9.64 Å². The smallest absolute Gasteiger partial charge is 0.251 e. The van der Waals surface area contributed by atoms with E-state index in [0.717, 1.165) is 0 Å². The highest BCUT2D eigenvalue weighted by Gasteiger charge is 2.26. The zero-order valence-corrected chi connectivity index (χ0v) is 11.0. The topological polar surface area (TPSA) is 53.3 Å². The molecular formula is C13H22N2O2. The summed E-state index contributed by atoms with van der Waals surface area (Å²) in [5.41, 5.74) is 0. The summed E-state index contributed by atoms with van der Waals surface area (Å²) in [6.07, 6.45) is 2.06. The van der Waals surface area contributed by atoms with E-state index in [0.29, 0.717) is 25.6 Å². The Morgan fingerprint density at radius 1 is 1.53 bits per heavy atom. The van der Waals surface area contributed by atoms with E-state index in [1.807, 2.05) is 13.8 Å². The number of nitriles is 1. The molecule has 2 unspecified atom stereocenters. The molecule has 2 atom stereocenters. The minimum atomic E-state index is -0.388. The van der Waals surface area contributed by atoms with Crippen molar-refractivity contribution < 1.29 is 9.53 Å². The lowest BCUT2D eigenvalue weighted by molar-refractivity contribution is -0.143. The van der Waals surface area contributed by atoms with Crippen molar-refractivity contribution in [3.8, 4) is 6.07 Å². The predicted octanol–water partition coefficient (Wildman–Crippen LogP) is 1.81. The summed E-state index contributed by atoms with van der Waals surface area (Å²) in [4.78, 5) is 13.7. The number of likely N-dealkylation sites (N-methyl/N-ethyl adjacent to an activating group) is 1. The number of amides is 1. The zero-order chi connectivity index (χ0) is 12.8. The molecule has 0 heterocycles. The largest absolute Gasteiger partial charge is 0.368 e. The predicted molar refractivity (Wildman–Crippen MR) is 65.2 cm³/mol. The van der Waals surface area contributed by atoms with Crippen LogP contribution in [0.2, 0.25) is 0 Å². The first-order valence-corrected chi connectivity index (χ1v) is 6.38. The molecule has 1 rings (SSSR count). The summed E-state index contributed by atoms with van der Waals surface area (Å²) in [6.45, 7) is 7.36. The fourth-order valence-electron chi connectivity index (χ4n) is 1.64. The van der Waals surface area contributed by atoms with E-state index in [4.69, 9.17) is 10.00 Å². The van der Waals surface area contributed by atoms with Crippen molar-refractivity contribution >= 4 is 5.91 Å². The number of carbonyl (C=O) groups excluding carboxylic acids is 1. The van der Waals surface area contributed by atoms with Gasteiger partial charge in [-0.1, -0.05) is 0 Å². The van der Waals surface area contributed by atoms with Crippen LogP contribution < -0.4 is 0 Å². The number of nitrogens with zero attached hydrogens (tertiary/aromatic N) is 2.